The van der Waals surface area contributed by atoms with Crippen molar-refractivity contribution >= 4 is 21.8 Å². The summed E-state index contributed by atoms with van der Waals surface area (Å²) in [5.41, 5.74) is 4.49. The molecule has 4 rings (SSSR count). The highest BCUT2D eigenvalue weighted by molar-refractivity contribution is 6.04. The predicted molar refractivity (Wildman–Crippen MR) is 99.2 cm³/mol. The van der Waals surface area contributed by atoms with Crippen LogP contribution in [0.3, 0.4) is 0 Å². The molecule has 0 saturated heterocycles. The molecule has 0 bridgehead atoms. The standard InChI is InChI=1S/C20H20N4O/c1-3-4-19(25)18-7-12(2)15(10-23-18)17-8-13-9-24-20-14(5-6-21-20)16(13)11-22-17/h5-11,19,25H,3-4H2,1-2H3,(H,21,24). The third kappa shape index (κ3) is 2.76. The first kappa shape index (κ1) is 15.7. The molecule has 126 valence electrons. The van der Waals surface area contributed by atoms with E-state index in [1.807, 2.05) is 43.7 Å². The zero-order valence-electron chi connectivity index (χ0n) is 14.3. The van der Waals surface area contributed by atoms with Crippen molar-refractivity contribution in [3.05, 3.63) is 54.2 Å². The van der Waals surface area contributed by atoms with Crippen molar-refractivity contribution in [1.82, 2.24) is 19.9 Å². The summed E-state index contributed by atoms with van der Waals surface area (Å²) in [5, 5.41) is 13.3. The molecular formula is C20H20N4O. The quantitative estimate of drug-likeness (QED) is 0.584. The number of hydrogen-bond acceptors (Lipinski definition) is 4. The van der Waals surface area contributed by atoms with Crippen molar-refractivity contribution in [3.8, 4) is 11.3 Å². The molecule has 0 saturated carbocycles. The van der Waals surface area contributed by atoms with E-state index in [4.69, 9.17) is 0 Å². The normalized spacial score (nSPS) is 12.8. The van der Waals surface area contributed by atoms with Gasteiger partial charge in [0.15, 0.2) is 0 Å². The van der Waals surface area contributed by atoms with Gasteiger partial charge >= 0.3 is 0 Å². The van der Waals surface area contributed by atoms with Gasteiger partial charge in [-0.15, -0.1) is 0 Å². The van der Waals surface area contributed by atoms with Gasteiger partial charge in [-0.05, 0) is 37.1 Å². The molecule has 4 aromatic heterocycles. The molecule has 5 heteroatoms. The minimum Gasteiger partial charge on any atom is -0.387 e. The average molecular weight is 332 g/mol. The Kier molecular flexibility index (Phi) is 3.93. The molecule has 5 nitrogen and oxygen atoms in total. The van der Waals surface area contributed by atoms with Crippen LogP contribution >= 0.6 is 0 Å². The summed E-state index contributed by atoms with van der Waals surface area (Å²) in [6.45, 7) is 4.08. The van der Waals surface area contributed by atoms with Crippen LogP contribution < -0.4 is 0 Å². The second-order valence-corrected chi connectivity index (χ2v) is 6.38. The fraction of sp³-hybridized carbons (Fsp3) is 0.250. The van der Waals surface area contributed by atoms with Crippen molar-refractivity contribution in [3.63, 3.8) is 0 Å². The molecule has 0 aliphatic rings. The molecule has 0 aromatic carbocycles. The van der Waals surface area contributed by atoms with Crippen LogP contribution in [0, 0.1) is 6.92 Å². The second-order valence-electron chi connectivity index (χ2n) is 6.38. The third-order valence-corrected chi connectivity index (χ3v) is 4.60. The molecule has 0 fully saturated rings. The first-order valence-electron chi connectivity index (χ1n) is 8.54. The Hall–Kier alpha value is -2.79. The van der Waals surface area contributed by atoms with E-state index in [9.17, 15) is 5.11 Å². The summed E-state index contributed by atoms with van der Waals surface area (Å²) >= 11 is 0. The first-order chi connectivity index (χ1) is 12.2. The Balaban J connectivity index is 1.77. The van der Waals surface area contributed by atoms with E-state index in [1.165, 1.54) is 0 Å². The van der Waals surface area contributed by atoms with E-state index in [2.05, 4.69) is 26.9 Å². The van der Waals surface area contributed by atoms with Gasteiger partial charge in [0.05, 0.1) is 17.5 Å². The zero-order chi connectivity index (χ0) is 17.4. The minimum atomic E-state index is -0.506. The Morgan fingerprint density at radius 3 is 2.76 bits per heavy atom. The number of aromatic amines is 1. The van der Waals surface area contributed by atoms with Crippen LogP contribution in [0.5, 0.6) is 0 Å². The lowest BCUT2D eigenvalue weighted by Gasteiger charge is -2.12. The first-order valence-corrected chi connectivity index (χ1v) is 8.54. The summed E-state index contributed by atoms with van der Waals surface area (Å²) in [4.78, 5) is 16.7. The monoisotopic (exact) mass is 332 g/mol. The van der Waals surface area contributed by atoms with Gasteiger partial charge in [0.25, 0.3) is 0 Å². The SMILES string of the molecule is CCCC(O)c1cc(C)c(-c2cc3cnc4[nH]ccc4c3cn2)cn1. The van der Waals surface area contributed by atoms with E-state index in [0.29, 0.717) is 0 Å². The van der Waals surface area contributed by atoms with Crippen LogP contribution in [0.2, 0.25) is 0 Å². The number of fused-ring (bicyclic) bond motifs is 3. The van der Waals surface area contributed by atoms with E-state index in [0.717, 1.165) is 57.2 Å². The van der Waals surface area contributed by atoms with Crippen molar-refractivity contribution in [2.24, 2.45) is 0 Å². The van der Waals surface area contributed by atoms with Gasteiger partial charge in [-0.3, -0.25) is 9.97 Å². The molecule has 25 heavy (non-hydrogen) atoms. The molecule has 0 aliphatic heterocycles. The van der Waals surface area contributed by atoms with Gasteiger partial charge in [0, 0.05) is 46.5 Å². The highest BCUT2D eigenvalue weighted by atomic mass is 16.3. The molecule has 0 spiro atoms. The summed E-state index contributed by atoms with van der Waals surface area (Å²) < 4.78 is 0. The van der Waals surface area contributed by atoms with E-state index in [1.54, 1.807) is 6.20 Å². The molecule has 0 amide bonds. The molecule has 1 atom stereocenters. The Bertz CT molecular complexity index is 1050. The van der Waals surface area contributed by atoms with Gasteiger partial charge in [-0.2, -0.15) is 0 Å². The molecule has 0 radical (unpaired) electrons. The van der Waals surface area contributed by atoms with Crippen LogP contribution in [0.25, 0.3) is 33.1 Å². The molecule has 0 aliphatic carbocycles. The minimum absolute atomic E-state index is 0.506. The van der Waals surface area contributed by atoms with Gasteiger partial charge in [0.2, 0.25) is 0 Å². The van der Waals surface area contributed by atoms with Crippen LogP contribution in [0.1, 0.15) is 37.1 Å². The molecular weight excluding hydrogens is 312 g/mol. The number of aliphatic hydroxyl groups is 1. The second kappa shape index (κ2) is 6.26. The van der Waals surface area contributed by atoms with Gasteiger partial charge < -0.3 is 10.1 Å². The van der Waals surface area contributed by atoms with E-state index >= 15 is 0 Å². The van der Waals surface area contributed by atoms with Crippen LogP contribution in [0.15, 0.2) is 43.0 Å². The van der Waals surface area contributed by atoms with Crippen LogP contribution in [0.4, 0.5) is 0 Å². The lowest BCUT2D eigenvalue weighted by Crippen LogP contribution is -2.01. The van der Waals surface area contributed by atoms with Crippen molar-refractivity contribution in [2.75, 3.05) is 0 Å². The van der Waals surface area contributed by atoms with Crippen LogP contribution in [-0.2, 0) is 0 Å². The zero-order valence-corrected chi connectivity index (χ0v) is 14.3. The highest BCUT2D eigenvalue weighted by Gasteiger charge is 2.12. The Morgan fingerprint density at radius 2 is 1.96 bits per heavy atom. The maximum absolute atomic E-state index is 10.1. The van der Waals surface area contributed by atoms with Crippen molar-refractivity contribution < 1.29 is 5.11 Å². The molecule has 1 unspecified atom stereocenters. The third-order valence-electron chi connectivity index (χ3n) is 4.60. The number of nitrogens with zero attached hydrogens (tertiary/aromatic N) is 3. The number of nitrogens with one attached hydrogen (secondary N) is 1. The van der Waals surface area contributed by atoms with Crippen molar-refractivity contribution in [2.45, 2.75) is 32.8 Å². The van der Waals surface area contributed by atoms with Gasteiger partial charge in [-0.25, -0.2) is 4.98 Å². The molecule has 4 heterocycles. The average Bonchev–Trinajstić information content (AvgIpc) is 3.10. The predicted octanol–water partition coefficient (Wildman–Crippen LogP) is 4.32. The van der Waals surface area contributed by atoms with E-state index < -0.39 is 6.10 Å². The highest BCUT2D eigenvalue weighted by Crippen LogP contribution is 2.28. The van der Waals surface area contributed by atoms with Crippen LogP contribution in [-0.4, -0.2) is 25.0 Å². The fourth-order valence-corrected chi connectivity index (χ4v) is 3.22. The Morgan fingerprint density at radius 1 is 1.08 bits per heavy atom. The number of aromatic nitrogens is 4. The Labute approximate surface area is 145 Å². The lowest BCUT2D eigenvalue weighted by molar-refractivity contribution is 0.161. The van der Waals surface area contributed by atoms with E-state index in [-0.39, 0.29) is 0 Å². The maximum Gasteiger partial charge on any atom is 0.137 e. The summed E-state index contributed by atoms with van der Waals surface area (Å²) in [5.74, 6) is 0. The fourth-order valence-electron chi connectivity index (χ4n) is 3.22. The lowest BCUT2D eigenvalue weighted by atomic mass is 10.0. The maximum atomic E-state index is 10.1. The van der Waals surface area contributed by atoms with Gasteiger partial charge in [-0.1, -0.05) is 13.3 Å². The summed E-state index contributed by atoms with van der Waals surface area (Å²) in [6, 6.07) is 6.01. The number of aryl methyl sites for hydroxylation is 1. The summed E-state index contributed by atoms with van der Waals surface area (Å²) in [7, 11) is 0. The smallest absolute Gasteiger partial charge is 0.137 e. The van der Waals surface area contributed by atoms with Gasteiger partial charge in [0.1, 0.15) is 5.65 Å². The number of aliphatic hydroxyl groups excluding tert-OH is 1. The summed E-state index contributed by atoms with van der Waals surface area (Å²) in [6.07, 6.45) is 8.59. The molecule has 2 N–H and O–H groups in total. The van der Waals surface area contributed by atoms with Crippen molar-refractivity contribution in [1.29, 1.82) is 0 Å². The molecule has 4 aromatic rings. The number of rotatable bonds is 4. The number of pyridine rings is 3. The number of hydrogen-bond donors (Lipinski definition) is 2. The topological polar surface area (TPSA) is 74.7 Å². The number of H-pyrrole nitrogens is 1. The largest absolute Gasteiger partial charge is 0.387 e.